The lowest BCUT2D eigenvalue weighted by Gasteiger charge is -2.30. The predicted octanol–water partition coefficient (Wildman–Crippen LogP) is 3.76. The molecule has 0 radical (unpaired) electrons. The van der Waals surface area contributed by atoms with Gasteiger partial charge in [-0.3, -0.25) is 9.98 Å². The Balaban J connectivity index is 1.60. The molecule has 2 atom stereocenters. The Labute approximate surface area is 119 Å². The standard InChI is InChI=1S/C18H18N2/c1-3-7-15(8-4-1)13-19-17-11-12-18(17)20-14-16-9-5-2-6-10-16/h1-10,13-14,17-18H,11-12H2/t17-,18-/m0/s1. The summed E-state index contributed by atoms with van der Waals surface area (Å²) in [6, 6.07) is 21.2. The molecule has 100 valence electrons. The van der Waals surface area contributed by atoms with E-state index in [2.05, 4.69) is 34.3 Å². The monoisotopic (exact) mass is 262 g/mol. The van der Waals surface area contributed by atoms with Crippen molar-refractivity contribution in [2.75, 3.05) is 0 Å². The van der Waals surface area contributed by atoms with Crippen LogP contribution in [0.5, 0.6) is 0 Å². The fourth-order valence-corrected chi connectivity index (χ4v) is 2.25. The molecule has 0 aromatic heterocycles. The summed E-state index contributed by atoms with van der Waals surface area (Å²) in [6.45, 7) is 0. The van der Waals surface area contributed by atoms with Crippen LogP contribution >= 0.6 is 0 Å². The van der Waals surface area contributed by atoms with Crippen molar-refractivity contribution >= 4 is 12.4 Å². The van der Waals surface area contributed by atoms with Gasteiger partial charge < -0.3 is 0 Å². The first-order chi connectivity index (χ1) is 9.92. The van der Waals surface area contributed by atoms with E-state index in [4.69, 9.17) is 0 Å². The van der Waals surface area contributed by atoms with Gasteiger partial charge in [0, 0.05) is 12.4 Å². The van der Waals surface area contributed by atoms with Crippen LogP contribution in [-0.4, -0.2) is 24.5 Å². The average Bonchev–Trinajstić information content (AvgIpc) is 2.49. The average molecular weight is 262 g/mol. The van der Waals surface area contributed by atoms with Gasteiger partial charge in [0.05, 0.1) is 12.1 Å². The molecule has 2 aromatic rings. The highest BCUT2D eigenvalue weighted by molar-refractivity contribution is 5.80. The topological polar surface area (TPSA) is 24.7 Å². The van der Waals surface area contributed by atoms with Gasteiger partial charge in [-0.1, -0.05) is 60.7 Å². The molecule has 1 aliphatic rings. The first kappa shape index (κ1) is 12.8. The van der Waals surface area contributed by atoms with Gasteiger partial charge in [-0.2, -0.15) is 0 Å². The van der Waals surface area contributed by atoms with Crippen molar-refractivity contribution in [1.82, 2.24) is 0 Å². The summed E-state index contributed by atoms with van der Waals surface area (Å²) < 4.78 is 0. The summed E-state index contributed by atoms with van der Waals surface area (Å²) in [7, 11) is 0. The van der Waals surface area contributed by atoms with E-state index in [0.717, 1.165) is 24.0 Å². The zero-order chi connectivity index (χ0) is 13.6. The van der Waals surface area contributed by atoms with Crippen LogP contribution in [-0.2, 0) is 0 Å². The third-order valence-electron chi connectivity index (χ3n) is 3.63. The van der Waals surface area contributed by atoms with Crippen LogP contribution in [0, 0.1) is 0 Å². The highest BCUT2D eigenvalue weighted by Crippen LogP contribution is 2.26. The molecule has 1 saturated carbocycles. The lowest BCUT2D eigenvalue weighted by molar-refractivity contribution is 0.353. The Morgan fingerprint density at radius 3 is 1.40 bits per heavy atom. The second kappa shape index (κ2) is 6.29. The summed E-state index contributed by atoms with van der Waals surface area (Å²) in [5.74, 6) is 0. The molecule has 1 fully saturated rings. The van der Waals surface area contributed by atoms with Crippen molar-refractivity contribution in [2.45, 2.75) is 24.9 Å². The Kier molecular flexibility index (Phi) is 4.02. The maximum atomic E-state index is 4.65. The second-order valence-corrected chi connectivity index (χ2v) is 5.09. The van der Waals surface area contributed by atoms with Crippen molar-refractivity contribution in [3.63, 3.8) is 0 Å². The molecule has 3 rings (SSSR count). The van der Waals surface area contributed by atoms with Gasteiger partial charge in [-0.15, -0.1) is 0 Å². The summed E-state index contributed by atoms with van der Waals surface area (Å²) in [4.78, 5) is 9.31. The fraction of sp³-hybridized carbons (Fsp3) is 0.222. The van der Waals surface area contributed by atoms with E-state index in [9.17, 15) is 0 Å². The van der Waals surface area contributed by atoms with Crippen LogP contribution in [0.2, 0.25) is 0 Å². The van der Waals surface area contributed by atoms with E-state index in [-0.39, 0.29) is 0 Å². The minimum absolute atomic E-state index is 0.343. The first-order valence-electron chi connectivity index (χ1n) is 7.08. The maximum absolute atomic E-state index is 4.65. The normalized spacial score (nSPS) is 22.2. The smallest absolute Gasteiger partial charge is 0.0723 e. The second-order valence-electron chi connectivity index (χ2n) is 5.09. The van der Waals surface area contributed by atoms with Gasteiger partial charge in [-0.25, -0.2) is 0 Å². The lowest BCUT2D eigenvalue weighted by Crippen LogP contribution is -2.34. The minimum Gasteiger partial charge on any atom is -0.287 e. The van der Waals surface area contributed by atoms with Crippen molar-refractivity contribution in [3.05, 3.63) is 71.8 Å². The largest absolute Gasteiger partial charge is 0.287 e. The van der Waals surface area contributed by atoms with Crippen LogP contribution < -0.4 is 0 Å². The van der Waals surface area contributed by atoms with E-state index in [1.807, 2.05) is 48.8 Å². The number of nitrogens with zero attached hydrogens (tertiary/aromatic N) is 2. The van der Waals surface area contributed by atoms with Crippen LogP contribution in [0.25, 0.3) is 0 Å². The van der Waals surface area contributed by atoms with Crippen molar-refractivity contribution < 1.29 is 0 Å². The summed E-state index contributed by atoms with van der Waals surface area (Å²) in [5, 5.41) is 0. The molecule has 0 N–H and O–H groups in total. The quantitative estimate of drug-likeness (QED) is 0.750. The van der Waals surface area contributed by atoms with E-state index in [1.54, 1.807) is 0 Å². The van der Waals surface area contributed by atoms with Crippen molar-refractivity contribution in [1.29, 1.82) is 0 Å². The molecular weight excluding hydrogens is 244 g/mol. The van der Waals surface area contributed by atoms with E-state index in [0.29, 0.717) is 12.1 Å². The number of rotatable bonds is 4. The third kappa shape index (κ3) is 3.21. The molecule has 2 heteroatoms. The van der Waals surface area contributed by atoms with Gasteiger partial charge in [0.15, 0.2) is 0 Å². The van der Waals surface area contributed by atoms with Crippen LogP contribution in [0.15, 0.2) is 70.6 Å². The molecule has 2 nitrogen and oxygen atoms in total. The Morgan fingerprint density at radius 2 is 1.05 bits per heavy atom. The highest BCUT2D eigenvalue weighted by atomic mass is 14.9. The maximum Gasteiger partial charge on any atom is 0.0723 e. The first-order valence-corrected chi connectivity index (χ1v) is 7.08. The third-order valence-corrected chi connectivity index (χ3v) is 3.63. The summed E-state index contributed by atoms with van der Waals surface area (Å²) in [5.41, 5.74) is 2.32. The number of hydrogen-bond donors (Lipinski definition) is 0. The summed E-state index contributed by atoms with van der Waals surface area (Å²) >= 11 is 0. The van der Waals surface area contributed by atoms with Gasteiger partial charge in [-0.05, 0) is 24.0 Å². The fourth-order valence-electron chi connectivity index (χ4n) is 2.25. The molecule has 0 aliphatic heterocycles. The molecule has 0 amide bonds. The Hall–Kier alpha value is -2.22. The Bertz CT molecular complexity index is 532. The van der Waals surface area contributed by atoms with Crippen molar-refractivity contribution in [3.8, 4) is 0 Å². The van der Waals surface area contributed by atoms with E-state index in [1.165, 1.54) is 0 Å². The minimum atomic E-state index is 0.343. The predicted molar refractivity (Wildman–Crippen MR) is 84.9 cm³/mol. The van der Waals surface area contributed by atoms with Crippen molar-refractivity contribution in [2.24, 2.45) is 9.98 Å². The molecule has 0 saturated heterocycles. The van der Waals surface area contributed by atoms with Crippen LogP contribution in [0.1, 0.15) is 24.0 Å². The molecular formula is C18H18N2. The van der Waals surface area contributed by atoms with Crippen LogP contribution in [0.3, 0.4) is 0 Å². The van der Waals surface area contributed by atoms with E-state index >= 15 is 0 Å². The highest BCUT2D eigenvalue weighted by Gasteiger charge is 2.28. The molecule has 0 spiro atoms. The van der Waals surface area contributed by atoms with Gasteiger partial charge >= 0.3 is 0 Å². The molecule has 0 unspecified atom stereocenters. The zero-order valence-corrected chi connectivity index (χ0v) is 11.4. The molecule has 0 bridgehead atoms. The molecule has 0 heterocycles. The van der Waals surface area contributed by atoms with Gasteiger partial charge in [0.1, 0.15) is 0 Å². The number of aliphatic imine (C=N–C) groups is 2. The van der Waals surface area contributed by atoms with Gasteiger partial charge in [0.25, 0.3) is 0 Å². The van der Waals surface area contributed by atoms with Gasteiger partial charge in [0.2, 0.25) is 0 Å². The molecule has 1 aliphatic carbocycles. The SMILES string of the molecule is C(=N[C@H]1CC[C@@H]1N=Cc1ccccc1)c1ccccc1. The Morgan fingerprint density at radius 1 is 0.650 bits per heavy atom. The zero-order valence-electron chi connectivity index (χ0n) is 11.4. The number of hydrogen-bond acceptors (Lipinski definition) is 2. The van der Waals surface area contributed by atoms with E-state index < -0.39 is 0 Å². The number of benzene rings is 2. The lowest BCUT2D eigenvalue weighted by atomic mass is 9.87. The molecule has 20 heavy (non-hydrogen) atoms. The summed E-state index contributed by atoms with van der Waals surface area (Å²) in [6.07, 6.45) is 6.21. The molecule has 2 aromatic carbocycles. The van der Waals surface area contributed by atoms with Crippen LogP contribution in [0.4, 0.5) is 0 Å².